The second-order valence-corrected chi connectivity index (χ2v) is 5.47. The van der Waals surface area contributed by atoms with Crippen molar-refractivity contribution in [3.63, 3.8) is 0 Å². The largest absolute Gasteiger partial charge is 0.265 e. The van der Waals surface area contributed by atoms with Gasteiger partial charge in [-0.3, -0.25) is 4.68 Å². The van der Waals surface area contributed by atoms with E-state index >= 15 is 0 Å². The van der Waals surface area contributed by atoms with E-state index in [1.165, 1.54) is 17.0 Å². The molecule has 2 heteroatoms. The molecule has 0 N–H and O–H groups in total. The fourth-order valence-electron chi connectivity index (χ4n) is 2.62. The topological polar surface area (TPSA) is 17.8 Å². The summed E-state index contributed by atoms with van der Waals surface area (Å²) >= 11 is 0. The summed E-state index contributed by atoms with van der Waals surface area (Å²) in [5, 5.41) is 4.77. The summed E-state index contributed by atoms with van der Waals surface area (Å²) in [4.78, 5) is 0. The van der Waals surface area contributed by atoms with Gasteiger partial charge in [0.05, 0.1) is 11.7 Å². The van der Waals surface area contributed by atoms with Gasteiger partial charge in [-0.1, -0.05) is 34.6 Å². The molecule has 0 saturated carbocycles. The van der Waals surface area contributed by atoms with E-state index in [1.807, 2.05) is 0 Å². The Hall–Kier alpha value is -0.790. The van der Waals surface area contributed by atoms with Crippen LogP contribution in [0.1, 0.15) is 82.3 Å². The highest BCUT2D eigenvalue weighted by Crippen LogP contribution is 2.45. The third-order valence-electron chi connectivity index (χ3n) is 3.68. The molecule has 1 aromatic heterocycles. The first-order chi connectivity index (χ1) is 6.95. The van der Waals surface area contributed by atoms with Crippen molar-refractivity contribution in [3.8, 4) is 0 Å². The van der Waals surface area contributed by atoms with Crippen molar-refractivity contribution in [3.05, 3.63) is 17.0 Å². The van der Waals surface area contributed by atoms with Gasteiger partial charge in [0.1, 0.15) is 0 Å². The first-order valence-corrected chi connectivity index (χ1v) is 6.07. The molecule has 2 unspecified atom stereocenters. The molecule has 1 aliphatic rings. The predicted molar refractivity (Wildman–Crippen MR) is 63.5 cm³/mol. The lowest BCUT2D eigenvalue weighted by Crippen LogP contribution is -2.29. The van der Waals surface area contributed by atoms with Crippen LogP contribution < -0.4 is 0 Å². The van der Waals surface area contributed by atoms with Gasteiger partial charge in [0, 0.05) is 11.6 Å². The van der Waals surface area contributed by atoms with Crippen molar-refractivity contribution in [2.75, 3.05) is 0 Å². The maximum atomic E-state index is 4.77. The molecule has 0 bridgehead atoms. The summed E-state index contributed by atoms with van der Waals surface area (Å²) in [5.41, 5.74) is 4.31. The lowest BCUT2D eigenvalue weighted by molar-refractivity contribution is 0.310. The second-order valence-electron chi connectivity index (χ2n) is 5.47. The lowest BCUT2D eigenvalue weighted by atomic mass is 9.84. The van der Waals surface area contributed by atoms with E-state index in [2.05, 4.69) is 46.2 Å². The fraction of sp³-hybridized carbons (Fsp3) is 0.769. The molecule has 1 aliphatic heterocycles. The third kappa shape index (κ3) is 1.34. The summed E-state index contributed by atoms with van der Waals surface area (Å²) in [5.74, 6) is 1.82. The summed E-state index contributed by atoms with van der Waals surface area (Å²) in [6.07, 6.45) is 0. The summed E-state index contributed by atoms with van der Waals surface area (Å²) in [6, 6.07) is 0.588. The number of fused-ring (bicyclic) bond motifs is 1. The van der Waals surface area contributed by atoms with Gasteiger partial charge in [-0.2, -0.15) is 5.10 Å². The van der Waals surface area contributed by atoms with Crippen molar-refractivity contribution in [2.45, 2.75) is 65.3 Å². The number of hydrogen-bond acceptors (Lipinski definition) is 1. The van der Waals surface area contributed by atoms with Crippen LogP contribution in [0.5, 0.6) is 0 Å². The van der Waals surface area contributed by atoms with Crippen LogP contribution in [0.15, 0.2) is 0 Å². The van der Waals surface area contributed by atoms with Crippen LogP contribution in [0.3, 0.4) is 0 Å². The van der Waals surface area contributed by atoms with Crippen LogP contribution in [0, 0.1) is 0 Å². The molecular weight excluding hydrogens is 184 g/mol. The molecule has 2 heterocycles. The zero-order chi connectivity index (χ0) is 11.3. The minimum Gasteiger partial charge on any atom is -0.265 e. The van der Waals surface area contributed by atoms with E-state index in [0.29, 0.717) is 23.8 Å². The Morgan fingerprint density at radius 1 is 1.07 bits per heavy atom. The van der Waals surface area contributed by atoms with E-state index < -0.39 is 0 Å². The van der Waals surface area contributed by atoms with Crippen molar-refractivity contribution in [2.24, 2.45) is 0 Å². The number of rotatable bonds is 2. The predicted octanol–water partition coefficient (Wildman–Crippen LogP) is 3.81. The zero-order valence-electron chi connectivity index (χ0n) is 10.7. The Balaban J connectivity index is 2.55. The summed E-state index contributed by atoms with van der Waals surface area (Å²) in [6.45, 7) is 13.6. The highest BCUT2D eigenvalue weighted by molar-refractivity contribution is 5.38. The van der Waals surface area contributed by atoms with Crippen LogP contribution in [-0.2, 0) is 0 Å². The van der Waals surface area contributed by atoms with Crippen LogP contribution in [-0.4, -0.2) is 9.78 Å². The zero-order valence-corrected chi connectivity index (χ0v) is 10.7. The molecule has 0 aromatic carbocycles. The average Bonchev–Trinajstić information content (AvgIpc) is 2.53. The SMILES string of the molecule is CC(C)c1nn2c(c1C(C)C)C(C)C2C. The Bertz CT molecular complexity index is 374. The molecule has 0 saturated heterocycles. The van der Waals surface area contributed by atoms with Gasteiger partial charge in [0.2, 0.25) is 0 Å². The van der Waals surface area contributed by atoms with Gasteiger partial charge in [-0.25, -0.2) is 0 Å². The monoisotopic (exact) mass is 206 g/mol. The first kappa shape index (κ1) is 10.7. The van der Waals surface area contributed by atoms with Crippen molar-refractivity contribution in [1.29, 1.82) is 0 Å². The van der Waals surface area contributed by atoms with Crippen LogP contribution >= 0.6 is 0 Å². The molecule has 0 amide bonds. The maximum Gasteiger partial charge on any atom is 0.0687 e. The van der Waals surface area contributed by atoms with Crippen molar-refractivity contribution in [1.82, 2.24) is 9.78 Å². The van der Waals surface area contributed by atoms with Gasteiger partial charge in [0.25, 0.3) is 0 Å². The first-order valence-electron chi connectivity index (χ1n) is 6.07. The van der Waals surface area contributed by atoms with Gasteiger partial charge >= 0.3 is 0 Å². The van der Waals surface area contributed by atoms with E-state index in [9.17, 15) is 0 Å². The van der Waals surface area contributed by atoms with Gasteiger partial charge < -0.3 is 0 Å². The maximum absolute atomic E-state index is 4.77. The van der Waals surface area contributed by atoms with Crippen molar-refractivity contribution < 1.29 is 0 Å². The number of nitrogens with zero attached hydrogens (tertiary/aromatic N) is 2. The Labute approximate surface area is 92.7 Å². The molecule has 2 atom stereocenters. The number of hydrogen-bond donors (Lipinski definition) is 0. The molecule has 2 nitrogen and oxygen atoms in total. The third-order valence-corrected chi connectivity index (χ3v) is 3.68. The highest BCUT2D eigenvalue weighted by atomic mass is 15.3. The molecule has 15 heavy (non-hydrogen) atoms. The van der Waals surface area contributed by atoms with Crippen LogP contribution in [0.25, 0.3) is 0 Å². The van der Waals surface area contributed by atoms with Crippen molar-refractivity contribution >= 4 is 0 Å². The van der Waals surface area contributed by atoms with Crippen LogP contribution in [0.4, 0.5) is 0 Å². The molecule has 0 spiro atoms. The van der Waals surface area contributed by atoms with E-state index in [1.54, 1.807) is 0 Å². The molecular formula is C13H22N2. The minimum absolute atomic E-state index is 0.542. The quantitative estimate of drug-likeness (QED) is 0.719. The standard InChI is InChI=1S/C13H22N2/c1-7(2)11-12(8(3)4)14-15-10(6)9(5)13(11)15/h7-10H,1-6H3. The molecule has 0 aliphatic carbocycles. The lowest BCUT2D eigenvalue weighted by Gasteiger charge is -2.34. The molecule has 0 radical (unpaired) electrons. The second kappa shape index (κ2) is 3.36. The van der Waals surface area contributed by atoms with Crippen LogP contribution in [0.2, 0.25) is 0 Å². The molecule has 84 valence electrons. The normalized spacial score (nSPS) is 24.5. The highest BCUT2D eigenvalue weighted by Gasteiger charge is 2.37. The van der Waals surface area contributed by atoms with Gasteiger partial charge in [-0.05, 0) is 24.3 Å². The summed E-state index contributed by atoms with van der Waals surface area (Å²) < 4.78 is 2.23. The number of aromatic nitrogens is 2. The Morgan fingerprint density at radius 3 is 2.13 bits per heavy atom. The molecule has 2 rings (SSSR count). The minimum atomic E-state index is 0.542. The van der Waals surface area contributed by atoms with Gasteiger partial charge in [-0.15, -0.1) is 0 Å². The van der Waals surface area contributed by atoms with E-state index in [-0.39, 0.29) is 0 Å². The molecule has 1 aromatic rings. The molecule has 0 fully saturated rings. The fourth-order valence-corrected chi connectivity index (χ4v) is 2.62. The summed E-state index contributed by atoms with van der Waals surface area (Å²) in [7, 11) is 0. The Morgan fingerprint density at radius 2 is 1.67 bits per heavy atom. The smallest absolute Gasteiger partial charge is 0.0687 e. The van der Waals surface area contributed by atoms with E-state index in [4.69, 9.17) is 5.10 Å². The Kier molecular flexibility index (Phi) is 2.40. The van der Waals surface area contributed by atoms with E-state index in [0.717, 1.165) is 0 Å². The van der Waals surface area contributed by atoms with Gasteiger partial charge in [0.15, 0.2) is 0 Å². The average molecular weight is 206 g/mol.